The van der Waals surface area contributed by atoms with E-state index in [9.17, 15) is 18.0 Å². The van der Waals surface area contributed by atoms with Crippen LogP contribution in [0.25, 0.3) is 11.1 Å². The molecule has 4 rings (SSSR count). The van der Waals surface area contributed by atoms with Crippen LogP contribution in [0.4, 0.5) is 24.7 Å². The van der Waals surface area contributed by atoms with Gasteiger partial charge in [0.25, 0.3) is 5.71 Å². The lowest BCUT2D eigenvalue weighted by Crippen LogP contribution is -2.47. The molecule has 2 aromatic heterocycles. The summed E-state index contributed by atoms with van der Waals surface area (Å²) in [7, 11) is 0. The Bertz CT molecular complexity index is 1110. The molecular weight excluding hydrogens is 415 g/mol. The number of benzene rings is 1. The van der Waals surface area contributed by atoms with Crippen LogP contribution in [-0.2, 0) is 10.9 Å². The molecule has 3 aromatic rings. The largest absolute Gasteiger partial charge is 0.460 e. The van der Waals surface area contributed by atoms with E-state index in [1.54, 1.807) is 19.9 Å². The summed E-state index contributed by atoms with van der Waals surface area (Å²) in [6.45, 7) is 5.54. The first-order valence-corrected chi connectivity index (χ1v) is 9.76. The van der Waals surface area contributed by atoms with Crippen LogP contribution in [0, 0.1) is 6.92 Å². The molecule has 3 heterocycles. The number of rotatable bonds is 4. The van der Waals surface area contributed by atoms with Crippen LogP contribution >= 0.6 is 0 Å². The molecular formula is C20H20F3N5O3. The maximum Gasteiger partial charge on any atom is 0.416 e. The summed E-state index contributed by atoms with van der Waals surface area (Å²) in [6.07, 6.45) is -4.39. The van der Waals surface area contributed by atoms with Crippen LogP contribution in [0.5, 0.6) is 0 Å². The second-order valence-electron chi connectivity index (χ2n) is 7.06. The number of carbonyl (C=O) groups excluding carboxylic acids is 1. The maximum atomic E-state index is 13.0. The van der Waals surface area contributed by atoms with Crippen molar-refractivity contribution in [3.63, 3.8) is 0 Å². The fraction of sp³-hybridized carbons (Fsp3) is 0.400. The number of halogens is 3. The summed E-state index contributed by atoms with van der Waals surface area (Å²) in [5.41, 5.74) is 0.603. The Kier molecular flexibility index (Phi) is 5.42. The fourth-order valence-electron chi connectivity index (χ4n) is 3.54. The van der Waals surface area contributed by atoms with Gasteiger partial charge in [-0.25, -0.2) is 9.78 Å². The second kappa shape index (κ2) is 8.05. The van der Waals surface area contributed by atoms with Gasteiger partial charge < -0.3 is 19.1 Å². The molecule has 1 fully saturated rings. The van der Waals surface area contributed by atoms with Gasteiger partial charge in [-0.2, -0.15) is 18.2 Å². The number of hydrogen-bond donors (Lipinski definition) is 0. The molecule has 0 spiro atoms. The number of nitrogens with zero attached hydrogens (tertiary/aromatic N) is 5. The van der Waals surface area contributed by atoms with Crippen LogP contribution in [-0.4, -0.2) is 53.9 Å². The number of anilines is 2. The average Bonchev–Trinajstić information content (AvgIpc) is 3.14. The minimum atomic E-state index is -4.39. The molecule has 11 heteroatoms. The van der Waals surface area contributed by atoms with E-state index >= 15 is 0 Å². The van der Waals surface area contributed by atoms with Crippen molar-refractivity contribution in [2.45, 2.75) is 20.0 Å². The number of carbonyl (C=O) groups is 1. The zero-order valence-corrected chi connectivity index (χ0v) is 16.9. The number of aryl methyl sites for hydroxylation is 1. The van der Waals surface area contributed by atoms with Crippen molar-refractivity contribution in [2.24, 2.45) is 0 Å². The zero-order valence-electron chi connectivity index (χ0n) is 16.9. The Morgan fingerprint density at radius 3 is 2.55 bits per heavy atom. The Morgan fingerprint density at radius 1 is 1.16 bits per heavy atom. The van der Waals surface area contributed by atoms with Gasteiger partial charge in [0.1, 0.15) is 11.2 Å². The van der Waals surface area contributed by atoms with Crippen LogP contribution in [0.3, 0.4) is 0 Å². The molecule has 8 nitrogen and oxygen atoms in total. The third-order valence-corrected chi connectivity index (χ3v) is 5.06. The maximum absolute atomic E-state index is 13.0. The molecule has 164 valence electrons. The van der Waals surface area contributed by atoms with Gasteiger partial charge >= 0.3 is 12.1 Å². The lowest BCUT2D eigenvalue weighted by molar-refractivity contribution is -0.137. The van der Waals surface area contributed by atoms with Crippen LogP contribution < -0.4 is 9.80 Å². The van der Waals surface area contributed by atoms with Gasteiger partial charge in [-0.1, -0.05) is 11.2 Å². The van der Waals surface area contributed by atoms with E-state index in [0.29, 0.717) is 48.8 Å². The van der Waals surface area contributed by atoms with Crippen molar-refractivity contribution in [3.05, 3.63) is 41.3 Å². The van der Waals surface area contributed by atoms with Crippen LogP contribution in [0.2, 0.25) is 0 Å². The molecule has 1 aliphatic heterocycles. The third kappa shape index (κ3) is 4.12. The van der Waals surface area contributed by atoms with E-state index in [-0.39, 0.29) is 18.1 Å². The lowest BCUT2D eigenvalue weighted by atomic mass is 10.1. The first-order valence-electron chi connectivity index (χ1n) is 9.76. The van der Waals surface area contributed by atoms with E-state index in [2.05, 4.69) is 15.1 Å². The number of piperazine rings is 1. The monoisotopic (exact) mass is 435 g/mol. The average molecular weight is 435 g/mol. The Labute approximate surface area is 175 Å². The van der Waals surface area contributed by atoms with Crippen molar-refractivity contribution in [1.82, 2.24) is 15.1 Å². The molecule has 1 saturated heterocycles. The number of ether oxygens (including phenoxy) is 1. The normalized spacial score (nSPS) is 14.9. The van der Waals surface area contributed by atoms with Gasteiger partial charge in [-0.3, -0.25) is 0 Å². The molecule has 0 N–H and O–H groups in total. The van der Waals surface area contributed by atoms with E-state index in [4.69, 9.17) is 9.26 Å². The molecule has 0 amide bonds. The van der Waals surface area contributed by atoms with Gasteiger partial charge in [-0.05, 0) is 32.0 Å². The topological polar surface area (TPSA) is 84.6 Å². The number of hydrogen-bond acceptors (Lipinski definition) is 8. The van der Waals surface area contributed by atoms with Gasteiger partial charge in [-0.15, -0.1) is 0 Å². The molecule has 0 saturated carbocycles. The first kappa shape index (κ1) is 20.9. The van der Waals surface area contributed by atoms with E-state index in [1.165, 1.54) is 6.07 Å². The molecule has 0 atom stereocenters. The molecule has 0 aliphatic carbocycles. The quantitative estimate of drug-likeness (QED) is 0.577. The molecule has 31 heavy (non-hydrogen) atoms. The highest BCUT2D eigenvalue weighted by molar-refractivity contribution is 5.93. The highest BCUT2D eigenvalue weighted by Gasteiger charge is 2.31. The van der Waals surface area contributed by atoms with Crippen LogP contribution in [0.1, 0.15) is 28.8 Å². The minimum absolute atomic E-state index is 0.124. The highest BCUT2D eigenvalue weighted by atomic mass is 19.4. The Hall–Kier alpha value is -3.37. The van der Waals surface area contributed by atoms with Crippen molar-refractivity contribution in [1.29, 1.82) is 0 Å². The van der Waals surface area contributed by atoms with Gasteiger partial charge in [0.15, 0.2) is 0 Å². The first-order chi connectivity index (χ1) is 14.8. The standard InChI is InChI=1S/C20H20F3N5O3/c1-3-30-19(29)16-24-17(15-12(2)26-31-18(15)25-16)28-9-7-27(8-10-28)14-6-4-5-13(11-14)20(21,22)23/h4-6,11H,3,7-10H2,1-2H3. The Morgan fingerprint density at radius 2 is 1.87 bits per heavy atom. The fourth-order valence-corrected chi connectivity index (χ4v) is 3.54. The van der Waals surface area contributed by atoms with Crippen molar-refractivity contribution >= 4 is 28.6 Å². The Balaban J connectivity index is 1.59. The number of alkyl halides is 3. The predicted octanol–water partition coefficient (Wildman–Crippen LogP) is 3.45. The van der Waals surface area contributed by atoms with Gasteiger partial charge in [0.2, 0.25) is 5.82 Å². The highest BCUT2D eigenvalue weighted by Crippen LogP contribution is 2.33. The summed E-state index contributed by atoms with van der Waals surface area (Å²) in [4.78, 5) is 24.5. The number of aromatic nitrogens is 3. The van der Waals surface area contributed by atoms with Crippen molar-refractivity contribution in [2.75, 3.05) is 42.6 Å². The smallest absolute Gasteiger partial charge is 0.416 e. The molecule has 1 aromatic carbocycles. The third-order valence-electron chi connectivity index (χ3n) is 5.06. The predicted molar refractivity (Wildman–Crippen MR) is 106 cm³/mol. The van der Waals surface area contributed by atoms with Crippen molar-refractivity contribution < 1.29 is 27.2 Å². The van der Waals surface area contributed by atoms with Gasteiger partial charge in [0.05, 0.1) is 17.9 Å². The summed E-state index contributed by atoms with van der Waals surface area (Å²) in [5, 5.41) is 4.52. The van der Waals surface area contributed by atoms with Gasteiger partial charge in [0, 0.05) is 31.9 Å². The molecule has 0 bridgehead atoms. The SMILES string of the molecule is CCOC(=O)c1nc(N2CCN(c3cccc(C(F)(F)F)c3)CC2)c2c(C)noc2n1. The van der Waals surface area contributed by atoms with Crippen molar-refractivity contribution in [3.8, 4) is 0 Å². The summed E-state index contributed by atoms with van der Waals surface area (Å²) in [5.74, 6) is -0.293. The summed E-state index contributed by atoms with van der Waals surface area (Å²) >= 11 is 0. The number of esters is 1. The summed E-state index contributed by atoms with van der Waals surface area (Å²) in [6, 6.07) is 5.28. The second-order valence-corrected chi connectivity index (χ2v) is 7.06. The number of fused-ring (bicyclic) bond motifs is 1. The molecule has 0 unspecified atom stereocenters. The zero-order chi connectivity index (χ0) is 22.2. The van der Waals surface area contributed by atoms with Crippen LogP contribution in [0.15, 0.2) is 28.8 Å². The summed E-state index contributed by atoms with van der Waals surface area (Å²) < 4.78 is 49.3. The molecule has 0 radical (unpaired) electrons. The van der Waals surface area contributed by atoms with E-state index in [1.807, 2.05) is 9.80 Å². The molecule has 1 aliphatic rings. The lowest BCUT2D eigenvalue weighted by Gasteiger charge is -2.37. The van der Waals surface area contributed by atoms with E-state index in [0.717, 1.165) is 12.1 Å². The minimum Gasteiger partial charge on any atom is -0.460 e. The van der Waals surface area contributed by atoms with E-state index < -0.39 is 17.7 Å².